The first-order valence-electron chi connectivity index (χ1n) is 4.46. The average molecular weight is 264 g/mol. The Morgan fingerprint density at radius 1 is 1.44 bits per heavy atom. The number of nitro benzene ring substituents is 1. The highest BCUT2D eigenvalue weighted by atomic mass is 35.7. The molecule has 0 N–H and O–H groups in total. The van der Waals surface area contributed by atoms with Crippen molar-refractivity contribution in [2.24, 2.45) is 0 Å². The van der Waals surface area contributed by atoms with Crippen molar-refractivity contribution >= 4 is 25.4 Å². The Hall–Kier alpha value is -1.14. The van der Waals surface area contributed by atoms with Crippen LogP contribution in [0.5, 0.6) is 0 Å². The first-order valence-corrected chi connectivity index (χ1v) is 6.94. The maximum Gasteiger partial charge on any atom is 0.272 e. The number of hydrogen-bond donors (Lipinski definition) is 0. The van der Waals surface area contributed by atoms with E-state index < -0.39 is 14.0 Å². The summed E-state index contributed by atoms with van der Waals surface area (Å²) in [7, 11) is 1.55. The number of hydrogen-bond acceptors (Lipinski definition) is 4. The Bertz CT molecular complexity index is 512. The first-order chi connectivity index (χ1) is 7.29. The topological polar surface area (TPSA) is 77.3 Å². The molecule has 0 spiro atoms. The summed E-state index contributed by atoms with van der Waals surface area (Å²) in [6.07, 6.45) is 0.255. The third-order valence-corrected chi connectivity index (χ3v) is 3.25. The van der Waals surface area contributed by atoms with Crippen molar-refractivity contribution in [3.05, 3.63) is 39.4 Å². The molecule has 0 fully saturated rings. The zero-order valence-electron chi connectivity index (χ0n) is 8.51. The minimum absolute atomic E-state index is 0.0254. The van der Waals surface area contributed by atoms with E-state index >= 15 is 0 Å². The van der Waals surface area contributed by atoms with Crippen LogP contribution in [0.4, 0.5) is 5.69 Å². The van der Waals surface area contributed by atoms with Crippen molar-refractivity contribution < 1.29 is 13.3 Å². The van der Waals surface area contributed by atoms with Crippen molar-refractivity contribution in [2.75, 3.05) is 5.75 Å². The average Bonchev–Trinajstić information content (AvgIpc) is 2.13. The third-order valence-electron chi connectivity index (χ3n) is 2.09. The van der Waals surface area contributed by atoms with Crippen LogP contribution in [0.2, 0.25) is 0 Å². The quantitative estimate of drug-likeness (QED) is 0.473. The Balaban J connectivity index is 2.86. The van der Waals surface area contributed by atoms with Gasteiger partial charge in [0.2, 0.25) is 9.05 Å². The number of rotatable bonds is 4. The Labute approximate surface area is 97.6 Å². The van der Waals surface area contributed by atoms with Crippen molar-refractivity contribution in [3.8, 4) is 0 Å². The zero-order valence-corrected chi connectivity index (χ0v) is 10.1. The fourth-order valence-corrected chi connectivity index (χ4v) is 2.03. The lowest BCUT2D eigenvalue weighted by molar-refractivity contribution is -0.385. The van der Waals surface area contributed by atoms with Gasteiger partial charge in [-0.2, -0.15) is 0 Å². The van der Waals surface area contributed by atoms with E-state index in [4.69, 9.17) is 10.7 Å². The van der Waals surface area contributed by atoms with E-state index in [1.54, 1.807) is 13.0 Å². The summed E-state index contributed by atoms with van der Waals surface area (Å²) < 4.78 is 21.4. The molecule has 0 aliphatic carbocycles. The minimum atomic E-state index is -3.52. The Kier molecular flexibility index (Phi) is 3.88. The fraction of sp³-hybridized carbons (Fsp3) is 0.333. The standard InChI is InChI=1S/C9H10ClNO4S/c1-7-6-8(4-5-16(10,14)15)2-3-9(7)11(12)13/h2-3,6H,4-5H2,1H3. The van der Waals surface area contributed by atoms with E-state index in [1.807, 2.05) is 0 Å². The van der Waals surface area contributed by atoms with Crippen LogP contribution in [0.3, 0.4) is 0 Å². The summed E-state index contributed by atoms with van der Waals surface area (Å²) in [6, 6.07) is 4.50. The summed E-state index contributed by atoms with van der Waals surface area (Å²) in [5.41, 5.74) is 1.25. The van der Waals surface area contributed by atoms with Gasteiger partial charge in [0.25, 0.3) is 5.69 Å². The van der Waals surface area contributed by atoms with Crippen LogP contribution < -0.4 is 0 Å². The fourth-order valence-electron chi connectivity index (χ4n) is 1.32. The molecule has 0 aromatic heterocycles. The van der Waals surface area contributed by atoms with Crippen LogP contribution in [0.1, 0.15) is 11.1 Å². The third kappa shape index (κ3) is 3.79. The predicted octanol–water partition coefficient (Wildman–Crippen LogP) is 2.01. The van der Waals surface area contributed by atoms with Gasteiger partial charge in [0.05, 0.1) is 10.7 Å². The van der Waals surface area contributed by atoms with Gasteiger partial charge in [0.15, 0.2) is 0 Å². The van der Waals surface area contributed by atoms with Gasteiger partial charge in [-0.3, -0.25) is 10.1 Å². The molecule has 1 aromatic rings. The largest absolute Gasteiger partial charge is 0.272 e. The van der Waals surface area contributed by atoms with Gasteiger partial charge in [-0.05, 0) is 25.0 Å². The number of benzene rings is 1. The molecule has 0 atom stereocenters. The highest BCUT2D eigenvalue weighted by Gasteiger charge is 2.11. The van der Waals surface area contributed by atoms with E-state index in [-0.39, 0.29) is 17.9 Å². The summed E-state index contributed by atoms with van der Waals surface area (Å²) in [4.78, 5) is 10.1. The monoisotopic (exact) mass is 263 g/mol. The molecule has 1 rings (SSSR count). The number of nitro groups is 1. The van der Waals surface area contributed by atoms with Crippen molar-refractivity contribution in [1.82, 2.24) is 0 Å². The second-order valence-electron chi connectivity index (χ2n) is 3.37. The van der Waals surface area contributed by atoms with Crippen molar-refractivity contribution in [2.45, 2.75) is 13.3 Å². The summed E-state index contributed by atoms with van der Waals surface area (Å²) >= 11 is 0. The molecule has 0 unspecified atom stereocenters. The van der Waals surface area contributed by atoms with Crippen molar-refractivity contribution in [3.63, 3.8) is 0 Å². The predicted molar refractivity (Wildman–Crippen MR) is 61.2 cm³/mol. The molecule has 0 aliphatic heterocycles. The molecule has 0 radical (unpaired) electrons. The van der Waals surface area contributed by atoms with Gasteiger partial charge in [-0.25, -0.2) is 8.42 Å². The molecule has 1 aromatic carbocycles. The molecule has 0 bridgehead atoms. The lowest BCUT2D eigenvalue weighted by Crippen LogP contribution is -2.02. The van der Waals surface area contributed by atoms with Crippen LogP contribution in [-0.4, -0.2) is 19.1 Å². The van der Waals surface area contributed by atoms with Crippen molar-refractivity contribution in [1.29, 1.82) is 0 Å². The Morgan fingerprint density at radius 2 is 2.06 bits per heavy atom. The van der Waals surface area contributed by atoms with E-state index in [2.05, 4.69) is 0 Å². The minimum Gasteiger partial charge on any atom is -0.258 e. The molecule has 88 valence electrons. The molecule has 0 saturated heterocycles. The first kappa shape index (κ1) is 12.9. The van der Waals surface area contributed by atoms with E-state index in [0.717, 1.165) is 0 Å². The zero-order chi connectivity index (χ0) is 12.3. The molecule has 5 nitrogen and oxygen atoms in total. The van der Waals surface area contributed by atoms with Crippen LogP contribution in [0.25, 0.3) is 0 Å². The van der Waals surface area contributed by atoms with E-state index in [0.29, 0.717) is 11.1 Å². The van der Waals surface area contributed by atoms with Crippen LogP contribution in [0, 0.1) is 17.0 Å². The maximum atomic E-state index is 10.7. The lowest BCUT2D eigenvalue weighted by atomic mass is 10.1. The molecule has 16 heavy (non-hydrogen) atoms. The van der Waals surface area contributed by atoms with E-state index in [9.17, 15) is 18.5 Å². The van der Waals surface area contributed by atoms with Gasteiger partial charge in [0, 0.05) is 22.3 Å². The SMILES string of the molecule is Cc1cc(CCS(=O)(=O)Cl)ccc1[N+](=O)[O-]. The van der Waals surface area contributed by atoms with Crippen LogP contribution in [-0.2, 0) is 15.5 Å². The van der Waals surface area contributed by atoms with E-state index in [1.165, 1.54) is 12.1 Å². The summed E-state index contributed by atoms with van der Waals surface area (Å²) in [5.74, 6) is -0.175. The molecule has 0 aliphatic rings. The second kappa shape index (κ2) is 4.80. The smallest absolute Gasteiger partial charge is 0.258 e. The van der Waals surface area contributed by atoms with Gasteiger partial charge < -0.3 is 0 Å². The normalized spacial score (nSPS) is 11.4. The van der Waals surface area contributed by atoms with Gasteiger partial charge >= 0.3 is 0 Å². The van der Waals surface area contributed by atoms with Gasteiger partial charge in [-0.15, -0.1) is 0 Å². The Morgan fingerprint density at radius 3 is 2.50 bits per heavy atom. The highest BCUT2D eigenvalue weighted by Crippen LogP contribution is 2.19. The molecular formula is C9H10ClNO4S. The number of halogens is 1. The maximum absolute atomic E-state index is 10.7. The summed E-state index contributed by atoms with van der Waals surface area (Å²) in [6.45, 7) is 1.61. The highest BCUT2D eigenvalue weighted by molar-refractivity contribution is 8.13. The van der Waals surface area contributed by atoms with Gasteiger partial charge in [-0.1, -0.05) is 6.07 Å². The molecule has 0 amide bonds. The molecule has 0 saturated carbocycles. The molecule has 0 heterocycles. The number of aryl methyl sites for hydroxylation is 2. The lowest BCUT2D eigenvalue weighted by Gasteiger charge is -2.01. The number of nitrogens with zero attached hydrogens (tertiary/aromatic N) is 1. The van der Waals surface area contributed by atoms with Crippen LogP contribution in [0.15, 0.2) is 18.2 Å². The molecular weight excluding hydrogens is 254 g/mol. The van der Waals surface area contributed by atoms with Gasteiger partial charge in [0.1, 0.15) is 0 Å². The molecule has 7 heteroatoms. The van der Waals surface area contributed by atoms with Crippen LogP contribution >= 0.6 is 10.7 Å². The second-order valence-corrected chi connectivity index (χ2v) is 6.27. The summed E-state index contributed by atoms with van der Waals surface area (Å²) in [5, 5.41) is 10.5.